The van der Waals surface area contributed by atoms with Gasteiger partial charge in [-0.2, -0.15) is 0 Å². The van der Waals surface area contributed by atoms with Crippen molar-refractivity contribution in [1.29, 1.82) is 0 Å². The number of nitrogens with one attached hydrogen (secondary N) is 1. The Labute approximate surface area is 101 Å². The zero-order chi connectivity index (χ0) is 11.8. The highest BCUT2D eigenvalue weighted by atomic mass is 16.5. The summed E-state index contributed by atoms with van der Waals surface area (Å²) in [5.74, 6) is 0. The number of piperidine rings is 1. The highest BCUT2D eigenvalue weighted by molar-refractivity contribution is 4.84. The van der Waals surface area contributed by atoms with Crippen molar-refractivity contribution in [2.45, 2.75) is 51.6 Å². The molecule has 0 aliphatic carbocycles. The summed E-state index contributed by atoms with van der Waals surface area (Å²) in [5, 5.41) is 3.39. The van der Waals surface area contributed by atoms with Crippen LogP contribution < -0.4 is 5.32 Å². The lowest BCUT2D eigenvalue weighted by atomic mass is 9.96. The Bertz CT molecular complexity index is 175. The summed E-state index contributed by atoms with van der Waals surface area (Å²) in [4.78, 5) is 2.64. The third-order valence-electron chi connectivity index (χ3n) is 3.63. The van der Waals surface area contributed by atoms with Gasteiger partial charge in [-0.3, -0.25) is 4.90 Å². The average Bonchev–Trinajstić information content (AvgIpc) is 2.34. The Morgan fingerprint density at radius 2 is 2.25 bits per heavy atom. The van der Waals surface area contributed by atoms with Crippen LogP contribution in [-0.2, 0) is 4.74 Å². The van der Waals surface area contributed by atoms with Crippen molar-refractivity contribution in [3.8, 4) is 0 Å². The van der Waals surface area contributed by atoms with Crippen molar-refractivity contribution < 1.29 is 4.74 Å². The van der Waals surface area contributed by atoms with Crippen LogP contribution in [0.1, 0.15) is 39.5 Å². The number of likely N-dealkylation sites (tertiary alicyclic amines) is 1. The Hall–Kier alpha value is -0.120. The molecule has 1 heterocycles. The van der Waals surface area contributed by atoms with E-state index in [1.165, 1.54) is 38.8 Å². The number of rotatable bonds is 7. The molecule has 1 rings (SSSR count). The van der Waals surface area contributed by atoms with Gasteiger partial charge in [-0.1, -0.05) is 6.42 Å². The molecular weight excluding hydrogens is 200 g/mol. The summed E-state index contributed by atoms with van der Waals surface area (Å²) in [6.07, 6.45) is 5.26. The molecule has 1 fully saturated rings. The molecule has 3 nitrogen and oxygen atoms in total. The van der Waals surface area contributed by atoms with Crippen molar-refractivity contribution in [1.82, 2.24) is 10.2 Å². The third kappa shape index (κ3) is 4.40. The summed E-state index contributed by atoms with van der Waals surface area (Å²) in [6, 6.07) is 1.33. The molecule has 0 amide bonds. The van der Waals surface area contributed by atoms with Crippen LogP contribution in [0.5, 0.6) is 0 Å². The Balaban J connectivity index is 2.29. The van der Waals surface area contributed by atoms with Crippen LogP contribution in [0.25, 0.3) is 0 Å². The molecular formula is C13H28N2O. The molecule has 16 heavy (non-hydrogen) atoms. The largest absolute Gasteiger partial charge is 0.382 e. The van der Waals surface area contributed by atoms with E-state index < -0.39 is 0 Å². The minimum Gasteiger partial charge on any atom is -0.382 e. The van der Waals surface area contributed by atoms with E-state index in [0.29, 0.717) is 6.04 Å². The van der Waals surface area contributed by atoms with E-state index in [1.807, 2.05) is 0 Å². The van der Waals surface area contributed by atoms with Crippen molar-refractivity contribution in [3.63, 3.8) is 0 Å². The minimum absolute atomic E-state index is 0.604. The zero-order valence-corrected chi connectivity index (χ0v) is 11.2. The molecule has 0 bridgehead atoms. The number of hydrogen-bond donors (Lipinski definition) is 1. The van der Waals surface area contributed by atoms with Gasteiger partial charge in [-0.25, -0.2) is 0 Å². The van der Waals surface area contributed by atoms with Crippen LogP contribution in [0, 0.1) is 0 Å². The highest BCUT2D eigenvalue weighted by Crippen LogP contribution is 2.19. The van der Waals surface area contributed by atoms with Gasteiger partial charge in [-0.15, -0.1) is 0 Å². The van der Waals surface area contributed by atoms with Gasteiger partial charge in [0.05, 0.1) is 0 Å². The predicted molar refractivity (Wildman–Crippen MR) is 68.8 cm³/mol. The van der Waals surface area contributed by atoms with Crippen LogP contribution in [0.15, 0.2) is 0 Å². The summed E-state index contributed by atoms with van der Waals surface area (Å²) < 4.78 is 5.40. The lowest BCUT2D eigenvalue weighted by Crippen LogP contribution is -2.50. The second-order valence-corrected chi connectivity index (χ2v) is 4.73. The Morgan fingerprint density at radius 3 is 2.94 bits per heavy atom. The van der Waals surface area contributed by atoms with Crippen LogP contribution in [0.2, 0.25) is 0 Å². The molecule has 1 saturated heterocycles. The molecule has 0 radical (unpaired) electrons. The SMILES string of the molecule is CCOCCCN1CCCCC1C(C)NC. The van der Waals surface area contributed by atoms with E-state index in [1.54, 1.807) is 0 Å². The minimum atomic E-state index is 0.604. The molecule has 1 aliphatic rings. The molecule has 1 N–H and O–H groups in total. The highest BCUT2D eigenvalue weighted by Gasteiger charge is 2.25. The van der Waals surface area contributed by atoms with Crippen molar-refractivity contribution >= 4 is 0 Å². The normalized spacial score (nSPS) is 24.6. The maximum absolute atomic E-state index is 5.40. The summed E-state index contributed by atoms with van der Waals surface area (Å²) in [7, 11) is 2.07. The lowest BCUT2D eigenvalue weighted by Gasteiger charge is -2.39. The van der Waals surface area contributed by atoms with Gasteiger partial charge >= 0.3 is 0 Å². The molecule has 0 aromatic rings. The van der Waals surface area contributed by atoms with Crippen molar-refractivity contribution in [2.24, 2.45) is 0 Å². The fourth-order valence-electron chi connectivity index (χ4n) is 2.57. The molecule has 0 saturated carbocycles. The molecule has 0 aromatic carbocycles. The summed E-state index contributed by atoms with van der Waals surface area (Å²) in [5.41, 5.74) is 0. The first-order valence-corrected chi connectivity index (χ1v) is 6.78. The first kappa shape index (κ1) is 13.9. The van der Waals surface area contributed by atoms with Crippen molar-refractivity contribution in [2.75, 3.05) is 33.4 Å². The lowest BCUT2D eigenvalue weighted by molar-refractivity contribution is 0.0927. The van der Waals surface area contributed by atoms with Gasteiger partial charge < -0.3 is 10.1 Å². The number of hydrogen-bond acceptors (Lipinski definition) is 3. The molecule has 96 valence electrons. The molecule has 1 aliphatic heterocycles. The van der Waals surface area contributed by atoms with Crippen LogP contribution in [0.3, 0.4) is 0 Å². The second-order valence-electron chi connectivity index (χ2n) is 4.73. The molecule has 2 unspecified atom stereocenters. The quantitative estimate of drug-likeness (QED) is 0.673. The zero-order valence-electron chi connectivity index (χ0n) is 11.2. The van der Waals surface area contributed by atoms with Gasteiger partial charge in [0.1, 0.15) is 0 Å². The van der Waals surface area contributed by atoms with Gasteiger partial charge in [0.15, 0.2) is 0 Å². The summed E-state index contributed by atoms with van der Waals surface area (Å²) in [6.45, 7) is 8.57. The van der Waals surface area contributed by atoms with Crippen molar-refractivity contribution in [3.05, 3.63) is 0 Å². The van der Waals surface area contributed by atoms with E-state index in [0.717, 1.165) is 19.3 Å². The summed E-state index contributed by atoms with van der Waals surface area (Å²) >= 11 is 0. The van der Waals surface area contributed by atoms with Crippen LogP contribution in [-0.4, -0.2) is 50.3 Å². The first-order chi connectivity index (χ1) is 7.79. The average molecular weight is 228 g/mol. The van der Waals surface area contributed by atoms with Crippen LogP contribution >= 0.6 is 0 Å². The van der Waals surface area contributed by atoms with E-state index >= 15 is 0 Å². The van der Waals surface area contributed by atoms with Gasteiger partial charge in [0.25, 0.3) is 0 Å². The van der Waals surface area contributed by atoms with Crippen LogP contribution in [0.4, 0.5) is 0 Å². The Morgan fingerprint density at radius 1 is 1.44 bits per heavy atom. The number of likely N-dealkylation sites (N-methyl/N-ethyl adjacent to an activating group) is 1. The third-order valence-corrected chi connectivity index (χ3v) is 3.63. The van der Waals surface area contributed by atoms with E-state index in [-0.39, 0.29) is 0 Å². The smallest absolute Gasteiger partial charge is 0.0478 e. The topological polar surface area (TPSA) is 24.5 Å². The van der Waals surface area contributed by atoms with E-state index in [2.05, 4.69) is 31.1 Å². The second kappa shape index (κ2) is 8.04. The van der Waals surface area contributed by atoms with Gasteiger partial charge in [0.2, 0.25) is 0 Å². The van der Waals surface area contributed by atoms with Gasteiger partial charge in [0, 0.05) is 31.8 Å². The molecule has 3 heteroatoms. The maximum atomic E-state index is 5.40. The standard InChI is InChI=1S/C13H28N2O/c1-4-16-11-7-10-15-9-6-5-8-13(15)12(2)14-3/h12-14H,4-11H2,1-3H3. The fraction of sp³-hybridized carbons (Fsp3) is 1.00. The molecule has 2 atom stereocenters. The maximum Gasteiger partial charge on any atom is 0.0478 e. The molecule has 0 aromatic heterocycles. The van der Waals surface area contributed by atoms with E-state index in [9.17, 15) is 0 Å². The fourth-order valence-corrected chi connectivity index (χ4v) is 2.57. The number of ether oxygens (including phenoxy) is 1. The first-order valence-electron chi connectivity index (χ1n) is 6.78. The monoisotopic (exact) mass is 228 g/mol. The Kier molecular flexibility index (Phi) is 7.01. The predicted octanol–water partition coefficient (Wildman–Crippen LogP) is 1.88. The molecule has 0 spiro atoms. The van der Waals surface area contributed by atoms with Gasteiger partial charge in [-0.05, 0) is 46.7 Å². The number of nitrogens with zero attached hydrogens (tertiary/aromatic N) is 1. The van der Waals surface area contributed by atoms with E-state index in [4.69, 9.17) is 4.74 Å².